The Hall–Kier alpha value is -0.200. The third-order valence-corrected chi connectivity index (χ3v) is 6.24. The molecule has 1 unspecified atom stereocenters. The molecule has 0 spiro atoms. The van der Waals surface area contributed by atoms with E-state index >= 15 is 0 Å². The van der Waals surface area contributed by atoms with Gasteiger partial charge in [0.25, 0.3) is 0 Å². The molecule has 2 fully saturated rings. The molecular formula is C23H47N3O2. The first kappa shape index (κ1) is 24.1. The van der Waals surface area contributed by atoms with E-state index in [9.17, 15) is 0 Å². The number of rotatable bonds is 13. The normalized spacial score (nSPS) is 23.1. The van der Waals surface area contributed by atoms with Crippen LogP contribution in [0, 0.1) is 5.92 Å². The topological polar surface area (TPSA) is 28.2 Å². The first-order chi connectivity index (χ1) is 13.5. The second-order valence-corrected chi connectivity index (χ2v) is 9.31. The highest BCUT2D eigenvalue weighted by atomic mass is 16.5. The SMILES string of the molecule is CC(C)OCCCN1CCCC(CCOCCCN2CCN(C(C)C)CC2)C1. The molecule has 0 saturated carbocycles. The molecule has 0 amide bonds. The van der Waals surface area contributed by atoms with Crippen LogP contribution in [0.5, 0.6) is 0 Å². The van der Waals surface area contributed by atoms with E-state index in [2.05, 4.69) is 42.4 Å². The average Bonchev–Trinajstić information content (AvgIpc) is 2.68. The Bertz CT molecular complexity index is 384. The highest BCUT2D eigenvalue weighted by Gasteiger charge is 2.20. The van der Waals surface area contributed by atoms with Crippen molar-refractivity contribution in [3.63, 3.8) is 0 Å². The van der Waals surface area contributed by atoms with Crippen LogP contribution in [0.15, 0.2) is 0 Å². The fourth-order valence-electron chi connectivity index (χ4n) is 4.44. The van der Waals surface area contributed by atoms with Crippen LogP contribution in [0.4, 0.5) is 0 Å². The van der Waals surface area contributed by atoms with Gasteiger partial charge in [0.1, 0.15) is 0 Å². The fraction of sp³-hybridized carbons (Fsp3) is 1.00. The molecular weight excluding hydrogens is 350 g/mol. The number of likely N-dealkylation sites (tertiary alicyclic amines) is 1. The van der Waals surface area contributed by atoms with Crippen LogP contribution in [-0.2, 0) is 9.47 Å². The average molecular weight is 398 g/mol. The Kier molecular flexibility index (Phi) is 12.0. The van der Waals surface area contributed by atoms with E-state index in [1.54, 1.807) is 0 Å². The zero-order chi connectivity index (χ0) is 20.2. The Morgan fingerprint density at radius 3 is 2.25 bits per heavy atom. The molecule has 2 rings (SSSR count). The van der Waals surface area contributed by atoms with Crippen molar-refractivity contribution in [2.24, 2.45) is 5.92 Å². The maximum Gasteiger partial charge on any atom is 0.0518 e. The Labute approximate surface area is 174 Å². The van der Waals surface area contributed by atoms with Crippen molar-refractivity contribution in [3.05, 3.63) is 0 Å². The summed E-state index contributed by atoms with van der Waals surface area (Å²) in [4.78, 5) is 7.82. The Morgan fingerprint density at radius 2 is 1.54 bits per heavy atom. The van der Waals surface area contributed by atoms with Gasteiger partial charge in [-0.15, -0.1) is 0 Å². The van der Waals surface area contributed by atoms with Crippen molar-refractivity contribution in [2.45, 2.75) is 71.9 Å². The molecule has 5 nitrogen and oxygen atoms in total. The third kappa shape index (κ3) is 10.0. The molecule has 0 aromatic rings. The summed E-state index contributed by atoms with van der Waals surface area (Å²) in [5.74, 6) is 0.823. The summed E-state index contributed by atoms with van der Waals surface area (Å²) in [5.41, 5.74) is 0. The lowest BCUT2D eigenvalue weighted by atomic mass is 9.95. The monoisotopic (exact) mass is 397 g/mol. The van der Waals surface area contributed by atoms with Crippen LogP contribution in [0.1, 0.15) is 59.8 Å². The van der Waals surface area contributed by atoms with E-state index in [-0.39, 0.29) is 0 Å². The van der Waals surface area contributed by atoms with Gasteiger partial charge in [-0.1, -0.05) is 0 Å². The predicted octanol–water partition coefficient (Wildman–Crippen LogP) is 3.34. The highest BCUT2D eigenvalue weighted by molar-refractivity contribution is 4.74. The van der Waals surface area contributed by atoms with E-state index < -0.39 is 0 Å². The van der Waals surface area contributed by atoms with Gasteiger partial charge in [0.15, 0.2) is 0 Å². The minimum absolute atomic E-state index is 0.357. The van der Waals surface area contributed by atoms with Gasteiger partial charge in [-0.05, 0) is 72.3 Å². The summed E-state index contributed by atoms with van der Waals surface area (Å²) in [5, 5.41) is 0. The second kappa shape index (κ2) is 13.9. The molecule has 2 saturated heterocycles. The molecule has 2 aliphatic rings. The van der Waals surface area contributed by atoms with Crippen molar-refractivity contribution in [1.82, 2.24) is 14.7 Å². The summed E-state index contributed by atoms with van der Waals surface area (Å²) >= 11 is 0. The Balaban J connectivity index is 1.44. The molecule has 0 aromatic carbocycles. The molecule has 0 aliphatic carbocycles. The van der Waals surface area contributed by atoms with E-state index in [0.717, 1.165) is 32.2 Å². The van der Waals surface area contributed by atoms with Crippen molar-refractivity contribution >= 4 is 0 Å². The van der Waals surface area contributed by atoms with Gasteiger partial charge in [0.2, 0.25) is 0 Å². The highest BCUT2D eigenvalue weighted by Crippen LogP contribution is 2.19. The molecule has 0 N–H and O–H groups in total. The quantitative estimate of drug-likeness (QED) is 0.445. The number of nitrogens with zero attached hydrogens (tertiary/aromatic N) is 3. The first-order valence-corrected chi connectivity index (χ1v) is 11.9. The number of piperazine rings is 1. The minimum Gasteiger partial charge on any atom is -0.381 e. The molecule has 2 heterocycles. The van der Waals surface area contributed by atoms with Gasteiger partial charge < -0.3 is 19.3 Å². The number of ether oxygens (including phenoxy) is 2. The summed E-state index contributed by atoms with van der Waals surface area (Å²) in [6.45, 7) is 21.4. The summed E-state index contributed by atoms with van der Waals surface area (Å²) in [7, 11) is 0. The number of hydrogen-bond acceptors (Lipinski definition) is 5. The predicted molar refractivity (Wildman–Crippen MR) is 118 cm³/mol. The van der Waals surface area contributed by atoms with E-state index in [1.165, 1.54) is 78.0 Å². The second-order valence-electron chi connectivity index (χ2n) is 9.31. The largest absolute Gasteiger partial charge is 0.381 e. The lowest BCUT2D eigenvalue weighted by molar-refractivity contribution is 0.0603. The van der Waals surface area contributed by atoms with Crippen molar-refractivity contribution < 1.29 is 9.47 Å². The number of hydrogen-bond donors (Lipinski definition) is 0. The lowest BCUT2D eigenvalue weighted by Gasteiger charge is -2.36. The molecule has 28 heavy (non-hydrogen) atoms. The van der Waals surface area contributed by atoms with Crippen LogP contribution in [0.3, 0.4) is 0 Å². The molecule has 0 aromatic heterocycles. The smallest absolute Gasteiger partial charge is 0.0518 e. The van der Waals surface area contributed by atoms with Gasteiger partial charge >= 0.3 is 0 Å². The number of piperidine rings is 1. The van der Waals surface area contributed by atoms with Gasteiger partial charge in [-0.25, -0.2) is 0 Å². The van der Waals surface area contributed by atoms with Gasteiger partial charge in [-0.2, -0.15) is 0 Å². The standard InChI is InChI=1S/C23H47N3O2/c1-21(2)26-15-13-24(14-16-26)11-6-17-27-19-9-23-8-5-10-25(20-23)12-7-18-28-22(3)4/h21-23H,5-20H2,1-4H3. The van der Waals surface area contributed by atoms with E-state index in [1.807, 2.05) is 0 Å². The van der Waals surface area contributed by atoms with E-state index in [4.69, 9.17) is 9.47 Å². The van der Waals surface area contributed by atoms with Crippen LogP contribution in [-0.4, -0.2) is 99.0 Å². The van der Waals surface area contributed by atoms with Gasteiger partial charge in [0.05, 0.1) is 6.10 Å². The third-order valence-electron chi connectivity index (χ3n) is 6.24. The first-order valence-electron chi connectivity index (χ1n) is 11.9. The zero-order valence-corrected chi connectivity index (χ0v) is 19.2. The molecule has 0 radical (unpaired) electrons. The molecule has 5 heteroatoms. The molecule has 166 valence electrons. The lowest BCUT2D eigenvalue weighted by Crippen LogP contribution is -2.49. The molecule has 0 bridgehead atoms. The maximum atomic E-state index is 5.97. The van der Waals surface area contributed by atoms with Gasteiger partial charge in [0, 0.05) is 71.7 Å². The minimum atomic E-state index is 0.357. The Morgan fingerprint density at radius 1 is 0.821 bits per heavy atom. The van der Waals surface area contributed by atoms with Gasteiger partial charge in [-0.3, -0.25) is 4.90 Å². The van der Waals surface area contributed by atoms with E-state index in [0.29, 0.717) is 12.1 Å². The molecule has 2 aliphatic heterocycles. The summed E-state index contributed by atoms with van der Waals surface area (Å²) in [6.07, 6.45) is 6.64. The van der Waals surface area contributed by atoms with Crippen LogP contribution < -0.4 is 0 Å². The fourth-order valence-corrected chi connectivity index (χ4v) is 4.44. The van der Waals surface area contributed by atoms with Crippen molar-refractivity contribution in [2.75, 3.05) is 72.2 Å². The van der Waals surface area contributed by atoms with Crippen molar-refractivity contribution in [1.29, 1.82) is 0 Å². The van der Waals surface area contributed by atoms with Crippen LogP contribution in [0.2, 0.25) is 0 Å². The maximum absolute atomic E-state index is 5.97. The van der Waals surface area contributed by atoms with Crippen molar-refractivity contribution in [3.8, 4) is 0 Å². The van der Waals surface area contributed by atoms with Crippen LogP contribution in [0.25, 0.3) is 0 Å². The summed E-state index contributed by atoms with van der Waals surface area (Å²) in [6, 6.07) is 0.689. The summed E-state index contributed by atoms with van der Waals surface area (Å²) < 4.78 is 11.6. The van der Waals surface area contributed by atoms with Crippen LogP contribution >= 0.6 is 0 Å². The molecule has 1 atom stereocenters. The zero-order valence-electron chi connectivity index (χ0n) is 19.2.